The van der Waals surface area contributed by atoms with E-state index >= 15 is 0 Å². The Morgan fingerprint density at radius 1 is 0.828 bits per heavy atom. The Balaban J connectivity index is 1.42. The second kappa shape index (κ2) is 9.87. The zero-order valence-corrected chi connectivity index (χ0v) is 17.6. The number of nitrogens with zero attached hydrogens (tertiary/aromatic N) is 2. The fourth-order valence-corrected chi connectivity index (χ4v) is 3.64. The lowest BCUT2D eigenvalue weighted by Crippen LogP contribution is -2.50. The third-order valence-electron chi connectivity index (χ3n) is 5.09. The van der Waals surface area contributed by atoms with Gasteiger partial charge in [0.25, 0.3) is 0 Å². The lowest BCUT2D eigenvalue weighted by atomic mass is 10.1. The van der Waals surface area contributed by atoms with Gasteiger partial charge < -0.3 is 10.6 Å². The third-order valence-corrected chi connectivity index (χ3v) is 5.42. The first-order valence-corrected chi connectivity index (χ1v) is 10.2. The summed E-state index contributed by atoms with van der Waals surface area (Å²) in [5.41, 5.74) is 3.65. The van der Waals surface area contributed by atoms with Crippen molar-refractivity contribution >= 4 is 34.8 Å². The van der Waals surface area contributed by atoms with E-state index < -0.39 is 0 Å². The van der Waals surface area contributed by atoms with Crippen molar-refractivity contribution in [2.75, 3.05) is 49.9 Å². The van der Waals surface area contributed by atoms with E-state index in [0.29, 0.717) is 23.8 Å². The summed E-state index contributed by atoms with van der Waals surface area (Å²) < 4.78 is 0. The fourth-order valence-electron chi connectivity index (χ4n) is 3.45. The van der Waals surface area contributed by atoms with Crippen LogP contribution < -0.4 is 10.6 Å². The van der Waals surface area contributed by atoms with E-state index in [4.69, 9.17) is 11.6 Å². The smallest absolute Gasteiger partial charge is 0.238 e. The summed E-state index contributed by atoms with van der Waals surface area (Å²) in [6, 6.07) is 13.2. The van der Waals surface area contributed by atoms with Crippen molar-refractivity contribution in [3.8, 4) is 0 Å². The lowest BCUT2D eigenvalue weighted by molar-refractivity contribution is -0.120. The monoisotopic (exact) mass is 414 g/mol. The van der Waals surface area contributed by atoms with Crippen molar-refractivity contribution in [3.63, 3.8) is 0 Å². The van der Waals surface area contributed by atoms with E-state index in [1.807, 2.05) is 44.2 Å². The summed E-state index contributed by atoms with van der Waals surface area (Å²) in [7, 11) is 0. The van der Waals surface area contributed by atoms with Crippen LogP contribution in [0, 0.1) is 13.8 Å². The molecular formula is C22H27ClN4O2. The Morgan fingerprint density at radius 2 is 1.34 bits per heavy atom. The first-order chi connectivity index (χ1) is 13.9. The average Bonchev–Trinajstić information content (AvgIpc) is 2.68. The molecule has 0 bridgehead atoms. The maximum atomic E-state index is 12.4. The van der Waals surface area contributed by atoms with Crippen LogP contribution >= 0.6 is 11.6 Å². The van der Waals surface area contributed by atoms with Crippen LogP contribution in [0.2, 0.25) is 5.02 Å². The number of piperazine rings is 1. The molecule has 2 N–H and O–H groups in total. The number of benzene rings is 2. The number of halogens is 1. The number of rotatable bonds is 6. The molecule has 0 atom stereocenters. The van der Waals surface area contributed by atoms with E-state index in [1.165, 1.54) is 0 Å². The van der Waals surface area contributed by atoms with Crippen LogP contribution in [-0.4, -0.2) is 60.9 Å². The predicted molar refractivity (Wildman–Crippen MR) is 118 cm³/mol. The number of carbonyl (C=O) groups is 2. The minimum absolute atomic E-state index is 0.00712. The number of hydrogen-bond donors (Lipinski definition) is 2. The molecule has 2 aromatic rings. The van der Waals surface area contributed by atoms with Gasteiger partial charge in [0.2, 0.25) is 11.8 Å². The molecule has 1 fully saturated rings. The van der Waals surface area contributed by atoms with Gasteiger partial charge in [0.05, 0.1) is 23.8 Å². The summed E-state index contributed by atoms with van der Waals surface area (Å²) in [5.74, 6) is -0.0911. The van der Waals surface area contributed by atoms with E-state index in [0.717, 1.165) is 43.0 Å². The Kier molecular flexibility index (Phi) is 7.25. The molecule has 1 saturated heterocycles. The summed E-state index contributed by atoms with van der Waals surface area (Å²) in [5, 5.41) is 6.41. The molecule has 0 spiro atoms. The highest BCUT2D eigenvalue weighted by atomic mass is 35.5. The van der Waals surface area contributed by atoms with Gasteiger partial charge in [-0.15, -0.1) is 0 Å². The van der Waals surface area contributed by atoms with Gasteiger partial charge in [0.15, 0.2) is 0 Å². The largest absolute Gasteiger partial charge is 0.324 e. The summed E-state index contributed by atoms with van der Waals surface area (Å²) in [6.45, 7) is 7.64. The van der Waals surface area contributed by atoms with Crippen molar-refractivity contribution in [2.24, 2.45) is 0 Å². The Labute approximate surface area is 176 Å². The number of anilines is 2. The molecule has 0 unspecified atom stereocenters. The summed E-state index contributed by atoms with van der Waals surface area (Å²) in [6.07, 6.45) is 0. The Morgan fingerprint density at radius 3 is 1.90 bits per heavy atom. The van der Waals surface area contributed by atoms with Crippen molar-refractivity contribution in [1.29, 1.82) is 0 Å². The molecule has 1 aliphatic heterocycles. The molecule has 1 heterocycles. The highest BCUT2D eigenvalue weighted by molar-refractivity contribution is 6.33. The van der Waals surface area contributed by atoms with E-state index in [1.54, 1.807) is 12.1 Å². The fraction of sp³-hybridized carbons (Fsp3) is 0.364. The number of aryl methyl sites for hydroxylation is 2. The van der Waals surface area contributed by atoms with Crippen LogP contribution in [-0.2, 0) is 9.59 Å². The molecule has 154 valence electrons. The molecule has 0 aliphatic carbocycles. The first-order valence-electron chi connectivity index (χ1n) is 9.77. The van der Waals surface area contributed by atoms with Crippen LogP contribution in [0.5, 0.6) is 0 Å². The van der Waals surface area contributed by atoms with Gasteiger partial charge in [-0.1, -0.05) is 41.9 Å². The van der Waals surface area contributed by atoms with Crippen LogP contribution in [0.3, 0.4) is 0 Å². The van der Waals surface area contributed by atoms with Gasteiger partial charge in [-0.05, 0) is 37.1 Å². The number of amides is 2. The van der Waals surface area contributed by atoms with E-state index in [9.17, 15) is 9.59 Å². The lowest BCUT2D eigenvalue weighted by Gasteiger charge is -2.33. The van der Waals surface area contributed by atoms with Gasteiger partial charge in [-0.3, -0.25) is 19.4 Å². The van der Waals surface area contributed by atoms with Gasteiger partial charge in [0, 0.05) is 31.9 Å². The second-order valence-corrected chi connectivity index (χ2v) is 7.80. The molecule has 0 saturated carbocycles. The normalized spacial score (nSPS) is 15.1. The minimum atomic E-state index is -0.0840. The van der Waals surface area contributed by atoms with Crippen LogP contribution in [0.25, 0.3) is 0 Å². The first kappa shape index (κ1) is 21.3. The van der Waals surface area contributed by atoms with Crippen LogP contribution in [0.4, 0.5) is 11.4 Å². The molecular weight excluding hydrogens is 388 g/mol. The average molecular weight is 415 g/mol. The van der Waals surface area contributed by atoms with Crippen molar-refractivity contribution in [1.82, 2.24) is 9.80 Å². The SMILES string of the molecule is Cc1cccc(C)c1NC(=O)CN1CCN(CC(=O)Nc2ccccc2Cl)CC1. The summed E-state index contributed by atoms with van der Waals surface area (Å²) in [4.78, 5) is 28.9. The van der Waals surface area contributed by atoms with Gasteiger partial charge in [-0.25, -0.2) is 0 Å². The summed E-state index contributed by atoms with van der Waals surface area (Å²) >= 11 is 6.08. The van der Waals surface area contributed by atoms with Crippen molar-refractivity contribution in [2.45, 2.75) is 13.8 Å². The number of carbonyl (C=O) groups excluding carboxylic acids is 2. The van der Waals surface area contributed by atoms with E-state index in [2.05, 4.69) is 20.4 Å². The molecule has 6 nitrogen and oxygen atoms in total. The molecule has 3 rings (SSSR count). The number of para-hydroxylation sites is 2. The third kappa shape index (κ3) is 6.03. The second-order valence-electron chi connectivity index (χ2n) is 7.40. The maximum Gasteiger partial charge on any atom is 0.238 e. The molecule has 0 aromatic heterocycles. The zero-order chi connectivity index (χ0) is 20.8. The van der Waals surface area contributed by atoms with Crippen molar-refractivity contribution in [3.05, 3.63) is 58.6 Å². The maximum absolute atomic E-state index is 12.4. The minimum Gasteiger partial charge on any atom is -0.324 e. The predicted octanol–water partition coefficient (Wildman–Crippen LogP) is 3.15. The van der Waals surface area contributed by atoms with E-state index in [-0.39, 0.29) is 11.8 Å². The molecule has 1 aliphatic rings. The van der Waals surface area contributed by atoms with Crippen LogP contribution in [0.15, 0.2) is 42.5 Å². The molecule has 29 heavy (non-hydrogen) atoms. The Hall–Kier alpha value is -2.41. The van der Waals surface area contributed by atoms with Gasteiger partial charge in [-0.2, -0.15) is 0 Å². The standard InChI is InChI=1S/C22H27ClN4O2/c1-16-6-5-7-17(2)22(16)25-21(29)15-27-12-10-26(11-13-27)14-20(28)24-19-9-4-3-8-18(19)23/h3-9H,10-15H2,1-2H3,(H,24,28)(H,25,29). The highest BCUT2D eigenvalue weighted by Crippen LogP contribution is 2.21. The molecule has 7 heteroatoms. The highest BCUT2D eigenvalue weighted by Gasteiger charge is 2.21. The number of nitrogens with one attached hydrogen (secondary N) is 2. The van der Waals surface area contributed by atoms with Gasteiger partial charge in [0.1, 0.15) is 0 Å². The zero-order valence-electron chi connectivity index (χ0n) is 16.9. The van der Waals surface area contributed by atoms with Gasteiger partial charge >= 0.3 is 0 Å². The van der Waals surface area contributed by atoms with Crippen molar-refractivity contribution < 1.29 is 9.59 Å². The molecule has 0 radical (unpaired) electrons. The van der Waals surface area contributed by atoms with Crippen LogP contribution in [0.1, 0.15) is 11.1 Å². The molecule has 2 aromatic carbocycles. The quantitative estimate of drug-likeness (QED) is 0.762. The Bertz CT molecular complexity index is 859. The number of hydrogen-bond acceptors (Lipinski definition) is 4. The molecule has 2 amide bonds. The topological polar surface area (TPSA) is 64.7 Å².